The zero-order valence-electron chi connectivity index (χ0n) is 12.5. The highest BCUT2D eigenvalue weighted by Crippen LogP contribution is 2.08. The lowest BCUT2D eigenvalue weighted by molar-refractivity contribution is 0.0936. The van der Waals surface area contributed by atoms with Crippen LogP contribution in [0.1, 0.15) is 29.4 Å². The number of hydrogen-bond donors (Lipinski definition) is 2. The molecule has 0 aromatic carbocycles. The average molecular weight is 290 g/mol. The minimum absolute atomic E-state index is 0.0125. The lowest BCUT2D eigenvalue weighted by Crippen LogP contribution is -2.35. The molecule has 7 nitrogen and oxygen atoms in total. The van der Waals surface area contributed by atoms with Crippen LogP contribution in [0.2, 0.25) is 0 Å². The largest absolute Gasteiger partial charge is 0.348 e. The number of rotatable bonds is 7. The molecule has 2 rings (SSSR count). The first-order chi connectivity index (χ1) is 10.1. The summed E-state index contributed by atoms with van der Waals surface area (Å²) in [5, 5.41) is 7.22. The molecule has 0 aliphatic heterocycles. The van der Waals surface area contributed by atoms with Gasteiger partial charge in [-0.2, -0.15) is 5.10 Å². The third kappa shape index (κ3) is 3.91. The van der Waals surface area contributed by atoms with Crippen molar-refractivity contribution in [2.24, 2.45) is 5.73 Å². The minimum Gasteiger partial charge on any atom is -0.348 e. The van der Waals surface area contributed by atoms with E-state index in [0.717, 1.165) is 18.7 Å². The molecule has 114 valence electrons. The fraction of sp³-hybridized carbons (Fsp3) is 0.500. The number of amides is 1. The molecule has 0 radical (unpaired) electrons. The molecule has 21 heavy (non-hydrogen) atoms. The van der Waals surface area contributed by atoms with Crippen LogP contribution < -0.4 is 11.1 Å². The number of imidazole rings is 1. The molecule has 0 aliphatic rings. The topological polar surface area (TPSA) is 90.8 Å². The third-order valence-electron chi connectivity index (χ3n) is 3.34. The summed E-state index contributed by atoms with van der Waals surface area (Å²) in [6.45, 7) is 5.90. The van der Waals surface area contributed by atoms with E-state index in [4.69, 9.17) is 5.73 Å². The molecule has 0 aliphatic carbocycles. The number of carbonyl (C=O) groups is 1. The van der Waals surface area contributed by atoms with Gasteiger partial charge in [-0.3, -0.25) is 9.48 Å². The minimum atomic E-state index is -0.0980. The molecular weight excluding hydrogens is 268 g/mol. The lowest BCUT2D eigenvalue weighted by Gasteiger charge is -2.14. The molecule has 2 aromatic heterocycles. The predicted molar refractivity (Wildman–Crippen MR) is 79.8 cm³/mol. The first-order valence-corrected chi connectivity index (χ1v) is 7.11. The monoisotopic (exact) mass is 290 g/mol. The third-order valence-corrected chi connectivity index (χ3v) is 3.34. The molecule has 2 heterocycles. The molecule has 0 bridgehead atoms. The molecule has 0 fully saturated rings. The highest BCUT2D eigenvalue weighted by atomic mass is 16.1. The number of nitrogens with one attached hydrogen (secondary N) is 1. The Kier molecular flexibility index (Phi) is 5.10. The van der Waals surface area contributed by atoms with E-state index in [1.54, 1.807) is 18.7 Å². The molecule has 1 unspecified atom stereocenters. The first-order valence-electron chi connectivity index (χ1n) is 7.11. The van der Waals surface area contributed by atoms with Gasteiger partial charge in [-0.1, -0.05) is 0 Å². The molecule has 1 atom stereocenters. The van der Waals surface area contributed by atoms with Crippen molar-refractivity contribution < 1.29 is 4.79 Å². The number of nitrogens with two attached hydrogens (primary N) is 1. The van der Waals surface area contributed by atoms with Crippen molar-refractivity contribution in [3.05, 3.63) is 36.2 Å². The number of hydrogen-bond acceptors (Lipinski definition) is 4. The Hall–Kier alpha value is -2.15. The molecule has 0 saturated carbocycles. The molecule has 1 amide bonds. The van der Waals surface area contributed by atoms with Crippen molar-refractivity contribution in [2.45, 2.75) is 39.4 Å². The van der Waals surface area contributed by atoms with Crippen molar-refractivity contribution in [3.8, 4) is 0 Å². The zero-order chi connectivity index (χ0) is 15.2. The predicted octanol–water partition coefficient (Wildman–Crippen LogP) is 0.555. The van der Waals surface area contributed by atoms with Gasteiger partial charge in [0.15, 0.2) is 0 Å². The maximum Gasteiger partial charge on any atom is 0.255 e. The zero-order valence-corrected chi connectivity index (χ0v) is 12.5. The van der Waals surface area contributed by atoms with Gasteiger partial charge >= 0.3 is 0 Å². The van der Waals surface area contributed by atoms with Crippen molar-refractivity contribution in [1.29, 1.82) is 0 Å². The summed E-state index contributed by atoms with van der Waals surface area (Å²) in [6, 6.07) is 0.0125. The van der Waals surface area contributed by atoms with Crippen LogP contribution in [0.15, 0.2) is 24.9 Å². The second-order valence-corrected chi connectivity index (χ2v) is 5.14. The summed E-state index contributed by atoms with van der Waals surface area (Å²) in [4.78, 5) is 16.3. The fourth-order valence-electron chi connectivity index (χ4n) is 2.19. The molecule has 3 N–H and O–H groups in total. The average Bonchev–Trinajstić information content (AvgIpc) is 3.06. The summed E-state index contributed by atoms with van der Waals surface area (Å²) in [5.74, 6) is -0.0980. The highest BCUT2D eigenvalue weighted by Gasteiger charge is 2.16. The van der Waals surface area contributed by atoms with E-state index >= 15 is 0 Å². The van der Waals surface area contributed by atoms with Crippen LogP contribution in [0, 0.1) is 6.92 Å². The van der Waals surface area contributed by atoms with Gasteiger partial charge in [0.2, 0.25) is 0 Å². The van der Waals surface area contributed by atoms with E-state index in [0.29, 0.717) is 18.7 Å². The fourth-order valence-corrected chi connectivity index (χ4v) is 2.19. The number of aryl methyl sites for hydroxylation is 1. The van der Waals surface area contributed by atoms with Crippen LogP contribution >= 0.6 is 0 Å². The summed E-state index contributed by atoms with van der Waals surface area (Å²) in [5.41, 5.74) is 6.98. The van der Waals surface area contributed by atoms with Crippen LogP contribution in [-0.4, -0.2) is 37.8 Å². The summed E-state index contributed by atoms with van der Waals surface area (Å²) < 4.78 is 3.75. The van der Waals surface area contributed by atoms with Crippen LogP contribution in [0.3, 0.4) is 0 Å². The van der Waals surface area contributed by atoms with Crippen LogP contribution in [0.25, 0.3) is 0 Å². The highest BCUT2D eigenvalue weighted by molar-refractivity contribution is 5.95. The number of nitrogens with zero attached hydrogens (tertiary/aromatic N) is 4. The first kappa shape index (κ1) is 15.2. The van der Waals surface area contributed by atoms with Gasteiger partial charge < -0.3 is 15.6 Å². The Bertz CT molecular complexity index is 574. The van der Waals surface area contributed by atoms with E-state index in [1.165, 1.54) is 0 Å². The number of carbonyl (C=O) groups excluding carboxylic acids is 1. The second kappa shape index (κ2) is 7.03. The molecule has 0 saturated heterocycles. The Morgan fingerprint density at radius 2 is 2.33 bits per heavy atom. The van der Waals surface area contributed by atoms with Gasteiger partial charge in [0.05, 0.1) is 18.1 Å². The van der Waals surface area contributed by atoms with E-state index in [9.17, 15) is 4.79 Å². The maximum absolute atomic E-state index is 12.3. The van der Waals surface area contributed by atoms with Crippen molar-refractivity contribution >= 4 is 5.91 Å². The number of aromatic nitrogens is 4. The van der Waals surface area contributed by atoms with E-state index in [1.807, 2.05) is 29.3 Å². The summed E-state index contributed by atoms with van der Waals surface area (Å²) in [6.07, 6.45) is 7.80. The quantitative estimate of drug-likeness (QED) is 0.779. The Morgan fingerprint density at radius 3 is 3.00 bits per heavy atom. The van der Waals surface area contributed by atoms with E-state index < -0.39 is 0 Å². The SMILES string of the molecule is Cc1c(C(=O)NC(C)Cn2ccnc2)cnn1CCCN. The Labute approximate surface area is 124 Å². The smallest absolute Gasteiger partial charge is 0.255 e. The molecular formula is C14H22N6O. The Morgan fingerprint density at radius 1 is 1.52 bits per heavy atom. The Balaban J connectivity index is 1.95. The van der Waals surface area contributed by atoms with Gasteiger partial charge in [-0.25, -0.2) is 4.98 Å². The van der Waals surface area contributed by atoms with Gasteiger partial charge in [0, 0.05) is 37.2 Å². The van der Waals surface area contributed by atoms with Crippen molar-refractivity contribution in [1.82, 2.24) is 24.6 Å². The molecule has 0 spiro atoms. The van der Waals surface area contributed by atoms with Gasteiger partial charge in [0.25, 0.3) is 5.91 Å². The van der Waals surface area contributed by atoms with E-state index in [-0.39, 0.29) is 11.9 Å². The molecule has 7 heteroatoms. The van der Waals surface area contributed by atoms with Crippen LogP contribution in [0.5, 0.6) is 0 Å². The maximum atomic E-state index is 12.3. The summed E-state index contributed by atoms with van der Waals surface area (Å²) in [7, 11) is 0. The van der Waals surface area contributed by atoms with Crippen LogP contribution in [-0.2, 0) is 13.1 Å². The van der Waals surface area contributed by atoms with Crippen molar-refractivity contribution in [2.75, 3.05) is 6.54 Å². The van der Waals surface area contributed by atoms with E-state index in [2.05, 4.69) is 15.4 Å². The van der Waals surface area contributed by atoms with Crippen molar-refractivity contribution in [3.63, 3.8) is 0 Å². The second-order valence-electron chi connectivity index (χ2n) is 5.14. The van der Waals surface area contributed by atoms with Gasteiger partial charge in [-0.05, 0) is 26.8 Å². The van der Waals surface area contributed by atoms with Crippen LogP contribution in [0.4, 0.5) is 0 Å². The standard InChI is InChI=1S/C14H22N6O/c1-11(9-19-7-5-16-10-19)18-14(21)13-8-17-20(12(13)2)6-3-4-15/h5,7-8,10-11H,3-4,6,9,15H2,1-2H3,(H,18,21). The normalized spacial score (nSPS) is 12.3. The molecule has 2 aromatic rings. The van der Waals surface area contributed by atoms with Gasteiger partial charge in [-0.15, -0.1) is 0 Å². The summed E-state index contributed by atoms with van der Waals surface area (Å²) >= 11 is 0. The van der Waals surface area contributed by atoms with Gasteiger partial charge in [0.1, 0.15) is 0 Å². The lowest BCUT2D eigenvalue weighted by atomic mass is 10.2.